The van der Waals surface area contributed by atoms with Crippen LogP contribution in [-0.2, 0) is 4.74 Å². The van der Waals surface area contributed by atoms with Crippen LogP contribution in [0.3, 0.4) is 0 Å². The molecule has 1 heterocycles. The third-order valence-corrected chi connectivity index (χ3v) is 4.08. The van der Waals surface area contributed by atoms with Crippen LogP contribution in [0.2, 0.25) is 0 Å². The molecule has 1 N–H and O–H groups in total. The highest BCUT2D eigenvalue weighted by Crippen LogP contribution is 2.30. The highest BCUT2D eigenvalue weighted by molar-refractivity contribution is 5.96. The first-order valence-corrected chi connectivity index (χ1v) is 8.01. The lowest BCUT2D eigenvalue weighted by atomic mass is 9.98. The molecule has 0 amide bonds. The molecular formula is C20H15N3O3. The number of hydrogen-bond donors (Lipinski definition) is 1. The number of aromatic nitrogens is 3. The van der Waals surface area contributed by atoms with Crippen molar-refractivity contribution in [2.75, 3.05) is 7.11 Å². The van der Waals surface area contributed by atoms with Crippen LogP contribution in [0.25, 0.3) is 21.9 Å². The van der Waals surface area contributed by atoms with Crippen LogP contribution in [0.4, 0.5) is 0 Å². The average molecular weight is 345 g/mol. The molecule has 6 heteroatoms. The standard InChI is InChI=1S/C20H15N3O3/c1-25-20(24)18-19(22-23-21-18)26-15-11-9-14(10-12-15)17-8-4-6-13-5-2-3-7-16(13)17/h2-12H,1H3,(H,21,22,23). The van der Waals surface area contributed by atoms with Gasteiger partial charge in [0.1, 0.15) is 5.75 Å². The summed E-state index contributed by atoms with van der Waals surface area (Å²) in [6, 6.07) is 22.1. The van der Waals surface area contributed by atoms with Crippen LogP contribution in [0.5, 0.6) is 11.6 Å². The van der Waals surface area contributed by atoms with E-state index in [0.717, 1.165) is 11.1 Å². The van der Waals surface area contributed by atoms with Gasteiger partial charge in [-0.05, 0) is 34.0 Å². The molecule has 4 aromatic rings. The summed E-state index contributed by atoms with van der Waals surface area (Å²) in [7, 11) is 1.28. The molecule has 4 rings (SSSR count). The second-order valence-corrected chi connectivity index (χ2v) is 5.64. The lowest BCUT2D eigenvalue weighted by Crippen LogP contribution is -2.03. The molecule has 0 aliphatic rings. The largest absolute Gasteiger partial charge is 0.464 e. The Morgan fingerprint density at radius 2 is 1.73 bits per heavy atom. The van der Waals surface area contributed by atoms with Crippen molar-refractivity contribution in [3.63, 3.8) is 0 Å². The van der Waals surface area contributed by atoms with Gasteiger partial charge in [0.05, 0.1) is 7.11 Å². The summed E-state index contributed by atoms with van der Waals surface area (Å²) in [5, 5.41) is 12.2. The third kappa shape index (κ3) is 2.88. The van der Waals surface area contributed by atoms with Gasteiger partial charge in [-0.3, -0.25) is 0 Å². The summed E-state index contributed by atoms with van der Waals surface area (Å²) < 4.78 is 10.3. The molecule has 0 aliphatic heterocycles. The fourth-order valence-electron chi connectivity index (χ4n) is 2.82. The highest BCUT2D eigenvalue weighted by atomic mass is 16.5. The fourth-order valence-corrected chi connectivity index (χ4v) is 2.82. The summed E-state index contributed by atoms with van der Waals surface area (Å²) in [5.41, 5.74) is 2.29. The third-order valence-electron chi connectivity index (χ3n) is 4.08. The Labute approximate surface area is 149 Å². The summed E-state index contributed by atoms with van der Waals surface area (Å²) in [4.78, 5) is 11.6. The van der Waals surface area contributed by atoms with Crippen molar-refractivity contribution in [1.29, 1.82) is 0 Å². The van der Waals surface area contributed by atoms with E-state index in [1.807, 2.05) is 42.5 Å². The zero-order valence-corrected chi connectivity index (χ0v) is 14.0. The number of esters is 1. The smallest absolute Gasteiger partial charge is 0.361 e. The number of fused-ring (bicyclic) bond motifs is 1. The molecule has 26 heavy (non-hydrogen) atoms. The van der Waals surface area contributed by atoms with E-state index in [4.69, 9.17) is 4.74 Å². The minimum Gasteiger partial charge on any atom is -0.464 e. The number of nitrogens with one attached hydrogen (secondary N) is 1. The summed E-state index contributed by atoms with van der Waals surface area (Å²) in [6.07, 6.45) is 0. The van der Waals surface area contributed by atoms with E-state index >= 15 is 0 Å². The molecule has 0 unspecified atom stereocenters. The van der Waals surface area contributed by atoms with Crippen LogP contribution in [0, 0.1) is 0 Å². The van der Waals surface area contributed by atoms with Crippen LogP contribution in [0.15, 0.2) is 66.7 Å². The molecule has 0 aliphatic carbocycles. The molecule has 6 nitrogen and oxygen atoms in total. The molecule has 3 aromatic carbocycles. The SMILES string of the molecule is COC(=O)c1[nH]nnc1Oc1ccc(-c2cccc3ccccc23)cc1. The van der Waals surface area contributed by atoms with Gasteiger partial charge in [0, 0.05) is 0 Å². The molecule has 0 spiro atoms. The number of hydrogen-bond acceptors (Lipinski definition) is 5. The zero-order chi connectivity index (χ0) is 17.9. The Balaban J connectivity index is 1.63. The van der Waals surface area contributed by atoms with E-state index in [0.29, 0.717) is 5.75 Å². The summed E-state index contributed by atoms with van der Waals surface area (Å²) in [6.45, 7) is 0. The number of carbonyl (C=O) groups is 1. The number of rotatable bonds is 4. The Kier molecular flexibility index (Phi) is 4.07. The zero-order valence-electron chi connectivity index (χ0n) is 14.0. The predicted molar refractivity (Wildman–Crippen MR) is 97.2 cm³/mol. The monoisotopic (exact) mass is 345 g/mol. The average Bonchev–Trinajstić information content (AvgIpc) is 3.16. The lowest BCUT2D eigenvalue weighted by Gasteiger charge is -2.08. The Morgan fingerprint density at radius 1 is 0.962 bits per heavy atom. The van der Waals surface area contributed by atoms with Gasteiger partial charge in [-0.25, -0.2) is 9.89 Å². The Morgan fingerprint density at radius 3 is 2.54 bits per heavy atom. The molecule has 0 bridgehead atoms. The van der Waals surface area contributed by atoms with Gasteiger partial charge in [-0.2, -0.15) is 0 Å². The van der Waals surface area contributed by atoms with Crippen molar-refractivity contribution in [2.45, 2.75) is 0 Å². The van der Waals surface area contributed by atoms with Crippen molar-refractivity contribution in [3.8, 4) is 22.8 Å². The van der Waals surface area contributed by atoms with Crippen molar-refractivity contribution in [1.82, 2.24) is 15.4 Å². The topological polar surface area (TPSA) is 77.1 Å². The van der Waals surface area contributed by atoms with Crippen LogP contribution >= 0.6 is 0 Å². The van der Waals surface area contributed by atoms with E-state index in [2.05, 4.69) is 44.4 Å². The maximum Gasteiger partial charge on any atom is 0.361 e. The number of H-pyrrole nitrogens is 1. The van der Waals surface area contributed by atoms with Gasteiger partial charge in [-0.15, -0.1) is 0 Å². The van der Waals surface area contributed by atoms with E-state index in [1.54, 1.807) is 0 Å². The van der Waals surface area contributed by atoms with Crippen LogP contribution in [0.1, 0.15) is 10.5 Å². The minimum absolute atomic E-state index is 0.0747. The number of methoxy groups -OCH3 is 1. The van der Waals surface area contributed by atoms with Crippen molar-refractivity contribution in [2.24, 2.45) is 0 Å². The van der Waals surface area contributed by atoms with E-state index in [-0.39, 0.29) is 11.6 Å². The van der Waals surface area contributed by atoms with Crippen LogP contribution < -0.4 is 4.74 Å². The molecule has 0 fully saturated rings. The van der Waals surface area contributed by atoms with Crippen molar-refractivity contribution in [3.05, 3.63) is 72.4 Å². The first-order valence-electron chi connectivity index (χ1n) is 8.01. The molecule has 1 aromatic heterocycles. The summed E-state index contributed by atoms with van der Waals surface area (Å²) in [5.74, 6) is 0.0418. The molecule has 0 saturated heterocycles. The quantitative estimate of drug-likeness (QED) is 0.561. The van der Waals surface area contributed by atoms with Crippen molar-refractivity contribution >= 4 is 16.7 Å². The maximum atomic E-state index is 11.6. The van der Waals surface area contributed by atoms with E-state index in [1.165, 1.54) is 17.9 Å². The van der Waals surface area contributed by atoms with Crippen molar-refractivity contribution < 1.29 is 14.3 Å². The van der Waals surface area contributed by atoms with E-state index < -0.39 is 5.97 Å². The molecular weight excluding hydrogens is 330 g/mol. The Bertz CT molecular complexity index is 1070. The first-order chi connectivity index (χ1) is 12.8. The summed E-state index contributed by atoms with van der Waals surface area (Å²) >= 11 is 0. The van der Waals surface area contributed by atoms with Gasteiger partial charge in [0.25, 0.3) is 5.88 Å². The Hall–Kier alpha value is -3.67. The first kappa shape index (κ1) is 15.8. The molecule has 0 radical (unpaired) electrons. The maximum absolute atomic E-state index is 11.6. The van der Waals surface area contributed by atoms with Gasteiger partial charge in [-0.1, -0.05) is 64.9 Å². The fraction of sp³-hybridized carbons (Fsp3) is 0.0500. The van der Waals surface area contributed by atoms with Crippen LogP contribution in [-0.4, -0.2) is 28.5 Å². The van der Waals surface area contributed by atoms with Gasteiger partial charge in [0.15, 0.2) is 0 Å². The highest BCUT2D eigenvalue weighted by Gasteiger charge is 2.18. The second kappa shape index (κ2) is 6.68. The molecule has 128 valence electrons. The number of ether oxygens (including phenoxy) is 2. The van der Waals surface area contributed by atoms with Gasteiger partial charge in [0.2, 0.25) is 5.69 Å². The number of nitrogens with zero attached hydrogens (tertiary/aromatic N) is 2. The number of carbonyl (C=O) groups excluding carboxylic acids is 1. The number of benzene rings is 3. The molecule has 0 atom stereocenters. The lowest BCUT2D eigenvalue weighted by molar-refractivity contribution is 0.0591. The molecule has 0 saturated carbocycles. The predicted octanol–water partition coefficient (Wildman–Crippen LogP) is 4.20. The van der Waals surface area contributed by atoms with Gasteiger partial charge >= 0.3 is 5.97 Å². The van der Waals surface area contributed by atoms with E-state index in [9.17, 15) is 4.79 Å². The number of aromatic amines is 1. The minimum atomic E-state index is -0.586. The van der Waals surface area contributed by atoms with Gasteiger partial charge < -0.3 is 9.47 Å². The normalized spacial score (nSPS) is 10.7. The second-order valence-electron chi connectivity index (χ2n) is 5.64.